The van der Waals surface area contributed by atoms with Crippen LogP contribution < -0.4 is 10.5 Å². The number of ether oxygens (including phenoxy) is 1. The van der Waals surface area contributed by atoms with E-state index < -0.39 is 0 Å². The van der Waals surface area contributed by atoms with Crippen LogP contribution in [0.3, 0.4) is 0 Å². The molecule has 14 heavy (non-hydrogen) atoms. The third-order valence-corrected chi connectivity index (χ3v) is 2.78. The van der Waals surface area contributed by atoms with E-state index >= 15 is 0 Å². The lowest BCUT2D eigenvalue weighted by Crippen LogP contribution is -2.24. The van der Waals surface area contributed by atoms with E-state index in [0.717, 1.165) is 31.6 Å². The first-order valence-corrected chi connectivity index (χ1v) is 5.16. The van der Waals surface area contributed by atoms with E-state index in [9.17, 15) is 0 Å². The number of hydrogen-bond donors (Lipinski definition) is 1. The summed E-state index contributed by atoms with van der Waals surface area (Å²) >= 11 is 0. The number of benzene rings is 1. The first-order valence-electron chi connectivity index (χ1n) is 5.16. The number of aryl methyl sites for hydroxylation is 1. The molecule has 0 atom stereocenters. The molecule has 1 aromatic carbocycles. The van der Waals surface area contributed by atoms with Crippen LogP contribution in [0.5, 0.6) is 5.75 Å². The second kappa shape index (κ2) is 3.62. The fraction of sp³-hybridized carbons (Fsp3) is 0.500. The van der Waals surface area contributed by atoms with Gasteiger partial charge in [-0.15, -0.1) is 0 Å². The summed E-state index contributed by atoms with van der Waals surface area (Å²) in [6, 6.07) is 8.13. The molecule has 1 saturated carbocycles. The van der Waals surface area contributed by atoms with Crippen molar-refractivity contribution in [2.24, 2.45) is 5.73 Å². The summed E-state index contributed by atoms with van der Waals surface area (Å²) in [5, 5.41) is 0. The molecule has 2 heteroatoms. The predicted molar refractivity (Wildman–Crippen MR) is 57.4 cm³/mol. The van der Waals surface area contributed by atoms with Gasteiger partial charge in [-0.3, -0.25) is 0 Å². The molecule has 0 aliphatic heterocycles. The summed E-state index contributed by atoms with van der Waals surface area (Å²) in [5.41, 5.74) is 7.32. The van der Waals surface area contributed by atoms with Crippen LogP contribution in [0.2, 0.25) is 0 Å². The van der Waals surface area contributed by atoms with Crippen molar-refractivity contribution >= 4 is 0 Å². The van der Waals surface area contributed by atoms with Crippen LogP contribution in [-0.2, 0) is 0 Å². The summed E-state index contributed by atoms with van der Waals surface area (Å²) in [6.07, 6.45) is 3.29. The second-order valence-electron chi connectivity index (χ2n) is 4.27. The van der Waals surface area contributed by atoms with Crippen molar-refractivity contribution in [3.05, 3.63) is 29.8 Å². The Labute approximate surface area is 85.1 Å². The fourth-order valence-corrected chi connectivity index (χ4v) is 1.42. The summed E-state index contributed by atoms with van der Waals surface area (Å²) in [7, 11) is 0. The minimum absolute atomic E-state index is 0.102. The summed E-state index contributed by atoms with van der Waals surface area (Å²) in [4.78, 5) is 0. The molecule has 76 valence electrons. The summed E-state index contributed by atoms with van der Waals surface area (Å²) in [5.74, 6) is 0.944. The number of hydrogen-bond acceptors (Lipinski definition) is 2. The third kappa shape index (κ3) is 2.48. The predicted octanol–water partition coefficient (Wildman–Crippen LogP) is 2.26. The smallest absolute Gasteiger partial charge is 0.119 e. The molecule has 0 spiro atoms. The lowest BCUT2D eigenvalue weighted by Gasteiger charge is -2.10. The van der Waals surface area contributed by atoms with Crippen LogP contribution in [0, 0.1) is 6.92 Å². The van der Waals surface area contributed by atoms with Crippen molar-refractivity contribution < 1.29 is 4.74 Å². The monoisotopic (exact) mass is 191 g/mol. The molecule has 1 aromatic rings. The van der Waals surface area contributed by atoms with Crippen LogP contribution in [0.4, 0.5) is 0 Å². The maximum Gasteiger partial charge on any atom is 0.119 e. The highest BCUT2D eigenvalue weighted by molar-refractivity contribution is 5.26. The molecule has 0 amide bonds. The van der Waals surface area contributed by atoms with Gasteiger partial charge in [0.1, 0.15) is 5.75 Å². The van der Waals surface area contributed by atoms with E-state index in [-0.39, 0.29) is 5.54 Å². The van der Waals surface area contributed by atoms with Gasteiger partial charge in [-0.05, 0) is 38.3 Å². The Morgan fingerprint density at radius 2 is 1.93 bits per heavy atom. The Hall–Kier alpha value is -1.02. The van der Waals surface area contributed by atoms with Crippen molar-refractivity contribution in [1.29, 1.82) is 0 Å². The molecule has 0 saturated heterocycles. The molecule has 2 N–H and O–H groups in total. The molecule has 1 fully saturated rings. The van der Waals surface area contributed by atoms with Crippen LogP contribution in [0.1, 0.15) is 24.8 Å². The van der Waals surface area contributed by atoms with Crippen molar-refractivity contribution in [1.82, 2.24) is 0 Å². The lowest BCUT2D eigenvalue weighted by atomic mass is 10.2. The van der Waals surface area contributed by atoms with Gasteiger partial charge in [0.05, 0.1) is 6.61 Å². The third-order valence-electron chi connectivity index (χ3n) is 2.78. The second-order valence-corrected chi connectivity index (χ2v) is 4.27. The van der Waals surface area contributed by atoms with E-state index in [1.807, 2.05) is 12.1 Å². The van der Waals surface area contributed by atoms with Crippen molar-refractivity contribution in [3.8, 4) is 5.75 Å². The summed E-state index contributed by atoms with van der Waals surface area (Å²) in [6.45, 7) is 2.81. The normalized spacial score (nSPS) is 17.9. The highest BCUT2D eigenvalue weighted by Crippen LogP contribution is 2.35. The van der Waals surface area contributed by atoms with Crippen LogP contribution >= 0.6 is 0 Å². The van der Waals surface area contributed by atoms with Gasteiger partial charge in [0.15, 0.2) is 0 Å². The van der Waals surface area contributed by atoms with Crippen molar-refractivity contribution in [2.45, 2.75) is 31.7 Å². The molecule has 0 radical (unpaired) electrons. The molecule has 0 unspecified atom stereocenters. The maximum absolute atomic E-state index is 5.95. The average Bonchev–Trinajstić information content (AvgIpc) is 2.88. The van der Waals surface area contributed by atoms with E-state index in [0.29, 0.717) is 0 Å². The van der Waals surface area contributed by atoms with E-state index in [1.54, 1.807) is 0 Å². The highest BCUT2D eigenvalue weighted by atomic mass is 16.5. The molecule has 1 aliphatic rings. The summed E-state index contributed by atoms with van der Waals surface area (Å²) < 4.78 is 5.60. The van der Waals surface area contributed by atoms with Gasteiger partial charge in [-0.2, -0.15) is 0 Å². The van der Waals surface area contributed by atoms with E-state index in [4.69, 9.17) is 10.5 Å². The molecule has 1 aliphatic carbocycles. The van der Waals surface area contributed by atoms with Crippen molar-refractivity contribution in [2.75, 3.05) is 6.61 Å². The highest BCUT2D eigenvalue weighted by Gasteiger charge is 2.37. The van der Waals surface area contributed by atoms with Gasteiger partial charge in [-0.25, -0.2) is 0 Å². The van der Waals surface area contributed by atoms with Gasteiger partial charge in [0.25, 0.3) is 0 Å². The Morgan fingerprint density at radius 1 is 1.29 bits per heavy atom. The zero-order chi connectivity index (χ0) is 10.0. The molecular formula is C12H17NO. The van der Waals surface area contributed by atoms with Gasteiger partial charge >= 0.3 is 0 Å². The largest absolute Gasteiger partial charge is 0.494 e. The number of nitrogens with two attached hydrogens (primary N) is 1. The zero-order valence-electron chi connectivity index (χ0n) is 8.62. The van der Waals surface area contributed by atoms with Crippen LogP contribution in [0.15, 0.2) is 24.3 Å². The first-order chi connectivity index (χ1) is 6.68. The van der Waals surface area contributed by atoms with Crippen LogP contribution in [0.25, 0.3) is 0 Å². The molecule has 0 bridgehead atoms. The molecular weight excluding hydrogens is 174 g/mol. The minimum Gasteiger partial charge on any atom is -0.494 e. The molecule has 0 aromatic heterocycles. The SMILES string of the molecule is Cc1ccc(OCCC2(N)CC2)cc1. The molecule has 2 nitrogen and oxygen atoms in total. The fourth-order valence-electron chi connectivity index (χ4n) is 1.42. The van der Waals surface area contributed by atoms with Gasteiger partial charge in [0.2, 0.25) is 0 Å². The zero-order valence-corrected chi connectivity index (χ0v) is 8.62. The molecule has 2 rings (SSSR count). The van der Waals surface area contributed by atoms with Gasteiger partial charge in [0, 0.05) is 5.54 Å². The first kappa shape index (κ1) is 9.53. The lowest BCUT2D eigenvalue weighted by molar-refractivity contribution is 0.293. The van der Waals surface area contributed by atoms with Gasteiger partial charge < -0.3 is 10.5 Å². The van der Waals surface area contributed by atoms with Crippen LogP contribution in [-0.4, -0.2) is 12.1 Å². The average molecular weight is 191 g/mol. The Morgan fingerprint density at radius 3 is 2.50 bits per heavy atom. The van der Waals surface area contributed by atoms with Crippen molar-refractivity contribution in [3.63, 3.8) is 0 Å². The van der Waals surface area contributed by atoms with E-state index in [2.05, 4.69) is 19.1 Å². The Kier molecular flexibility index (Phi) is 2.46. The maximum atomic E-state index is 5.95. The Balaban J connectivity index is 1.77. The molecule has 0 heterocycles. The van der Waals surface area contributed by atoms with Gasteiger partial charge in [-0.1, -0.05) is 17.7 Å². The van der Waals surface area contributed by atoms with E-state index in [1.165, 1.54) is 5.56 Å². The minimum atomic E-state index is 0.102. The number of rotatable bonds is 4. The topological polar surface area (TPSA) is 35.2 Å². The standard InChI is InChI=1S/C12H17NO/c1-10-2-4-11(5-3-10)14-9-8-12(13)6-7-12/h2-5H,6-9,13H2,1H3. The quantitative estimate of drug-likeness (QED) is 0.792. The Bertz CT molecular complexity index is 301.